The van der Waals surface area contributed by atoms with Gasteiger partial charge < -0.3 is 15.4 Å². The topological polar surface area (TPSA) is 33.3 Å². The molecule has 3 nitrogen and oxygen atoms in total. The number of thiocarbonyl (C=S) groups is 1. The van der Waals surface area contributed by atoms with Gasteiger partial charge in [0.05, 0.1) is 13.2 Å². The molecule has 1 aromatic rings. The molecule has 1 aromatic heterocycles. The van der Waals surface area contributed by atoms with E-state index in [0.717, 1.165) is 11.0 Å². The molecule has 2 N–H and O–H groups in total. The molecule has 0 amide bonds. The lowest BCUT2D eigenvalue weighted by Crippen LogP contribution is -2.41. The van der Waals surface area contributed by atoms with Crippen LogP contribution in [0.4, 0.5) is 0 Å². The van der Waals surface area contributed by atoms with Crippen molar-refractivity contribution in [2.24, 2.45) is 0 Å². The average Bonchev–Trinajstić information content (AvgIpc) is 2.61. The Morgan fingerprint density at radius 1 is 1.69 bits per heavy atom. The van der Waals surface area contributed by atoms with E-state index in [0.29, 0.717) is 11.7 Å². The van der Waals surface area contributed by atoms with E-state index in [-0.39, 0.29) is 6.04 Å². The summed E-state index contributed by atoms with van der Waals surface area (Å²) in [5.41, 5.74) is 0. The highest BCUT2D eigenvalue weighted by Crippen LogP contribution is 2.19. The molecular weight excluding hydrogens is 308 g/mol. The van der Waals surface area contributed by atoms with Gasteiger partial charge in [-0.2, -0.15) is 0 Å². The van der Waals surface area contributed by atoms with Gasteiger partial charge >= 0.3 is 0 Å². The first-order valence-corrected chi connectivity index (χ1v) is 6.96. The fourth-order valence-electron chi connectivity index (χ4n) is 1.18. The monoisotopic (exact) mass is 322 g/mol. The second-order valence-electron chi connectivity index (χ2n) is 3.41. The maximum Gasteiger partial charge on any atom is 0.166 e. The molecule has 0 bridgehead atoms. The number of thiophene rings is 1. The van der Waals surface area contributed by atoms with E-state index in [9.17, 15) is 0 Å². The second kappa shape index (κ2) is 7.21. The minimum absolute atomic E-state index is 0.222. The molecule has 0 saturated heterocycles. The van der Waals surface area contributed by atoms with Gasteiger partial charge in [0.1, 0.15) is 0 Å². The van der Waals surface area contributed by atoms with Gasteiger partial charge in [-0.1, -0.05) is 0 Å². The molecule has 1 heterocycles. The Morgan fingerprint density at radius 3 is 3.00 bits per heavy atom. The van der Waals surface area contributed by atoms with E-state index >= 15 is 0 Å². The summed E-state index contributed by atoms with van der Waals surface area (Å²) < 4.78 is 6.13. The zero-order valence-electron chi connectivity index (χ0n) is 9.25. The normalized spacial score (nSPS) is 12.2. The van der Waals surface area contributed by atoms with Crippen LogP contribution in [-0.2, 0) is 11.3 Å². The lowest BCUT2D eigenvalue weighted by Gasteiger charge is -2.15. The number of hydrogen-bond donors (Lipinski definition) is 2. The Labute approximate surface area is 114 Å². The molecule has 0 radical (unpaired) electrons. The van der Waals surface area contributed by atoms with Crippen LogP contribution >= 0.6 is 39.5 Å². The van der Waals surface area contributed by atoms with E-state index in [4.69, 9.17) is 17.0 Å². The van der Waals surface area contributed by atoms with E-state index in [2.05, 4.69) is 38.0 Å². The standard InChI is InChI=1S/C10H15BrN2OS2/c1-7(5-14-2)13-10(15)12-4-9-3-8(11)6-16-9/h3,6-7H,4-5H2,1-2H3,(H2,12,13,15). The van der Waals surface area contributed by atoms with Crippen LogP contribution in [0.15, 0.2) is 15.9 Å². The smallest absolute Gasteiger partial charge is 0.166 e. The average molecular weight is 323 g/mol. The minimum Gasteiger partial charge on any atom is -0.383 e. The third-order valence-corrected chi connectivity index (χ3v) is 3.80. The predicted molar refractivity (Wildman–Crippen MR) is 75.9 cm³/mol. The predicted octanol–water partition coefficient (Wildman–Crippen LogP) is 2.51. The van der Waals surface area contributed by atoms with Gasteiger partial charge in [-0.25, -0.2) is 0 Å². The van der Waals surface area contributed by atoms with Crippen LogP contribution in [0.5, 0.6) is 0 Å². The highest BCUT2D eigenvalue weighted by Gasteiger charge is 2.03. The molecular formula is C10H15BrN2OS2. The number of methoxy groups -OCH3 is 1. The Kier molecular flexibility index (Phi) is 6.26. The molecule has 0 aromatic carbocycles. The van der Waals surface area contributed by atoms with Crippen LogP contribution in [0.25, 0.3) is 0 Å². The first-order valence-electron chi connectivity index (χ1n) is 4.88. The molecule has 90 valence electrons. The third kappa shape index (κ3) is 5.25. The quantitative estimate of drug-likeness (QED) is 0.816. The zero-order valence-corrected chi connectivity index (χ0v) is 12.5. The molecule has 0 aliphatic carbocycles. The van der Waals surface area contributed by atoms with Crippen molar-refractivity contribution < 1.29 is 4.74 Å². The Hall–Kier alpha value is -0.170. The van der Waals surface area contributed by atoms with Crippen LogP contribution < -0.4 is 10.6 Å². The molecule has 1 rings (SSSR count). The highest BCUT2D eigenvalue weighted by atomic mass is 79.9. The van der Waals surface area contributed by atoms with Crippen molar-refractivity contribution in [3.8, 4) is 0 Å². The molecule has 0 fully saturated rings. The van der Waals surface area contributed by atoms with Crippen LogP contribution in [0, 0.1) is 0 Å². The molecule has 0 saturated carbocycles. The SMILES string of the molecule is COCC(C)NC(=S)NCc1cc(Br)cs1. The van der Waals surface area contributed by atoms with Crippen LogP contribution in [-0.4, -0.2) is 24.9 Å². The van der Waals surface area contributed by atoms with Crippen LogP contribution in [0.3, 0.4) is 0 Å². The summed E-state index contributed by atoms with van der Waals surface area (Å²) in [6.07, 6.45) is 0. The summed E-state index contributed by atoms with van der Waals surface area (Å²) in [6, 6.07) is 2.30. The summed E-state index contributed by atoms with van der Waals surface area (Å²) in [5, 5.41) is 9.02. The number of halogens is 1. The lowest BCUT2D eigenvalue weighted by molar-refractivity contribution is 0.179. The first-order chi connectivity index (χ1) is 7.61. The molecule has 1 unspecified atom stereocenters. The van der Waals surface area contributed by atoms with Gasteiger partial charge in [-0.05, 0) is 41.1 Å². The first kappa shape index (κ1) is 13.9. The van der Waals surface area contributed by atoms with Gasteiger partial charge in [0.25, 0.3) is 0 Å². The van der Waals surface area contributed by atoms with E-state index in [1.807, 2.05) is 6.92 Å². The summed E-state index contributed by atoms with van der Waals surface area (Å²) in [4.78, 5) is 1.25. The Morgan fingerprint density at radius 2 is 2.44 bits per heavy atom. The fourth-order valence-corrected chi connectivity index (χ4v) is 2.84. The fraction of sp³-hybridized carbons (Fsp3) is 0.500. The molecule has 16 heavy (non-hydrogen) atoms. The van der Waals surface area contributed by atoms with Gasteiger partial charge in [-0.3, -0.25) is 0 Å². The maximum absolute atomic E-state index is 5.17. The molecule has 0 spiro atoms. The van der Waals surface area contributed by atoms with E-state index in [1.54, 1.807) is 18.4 Å². The molecule has 0 aliphatic rings. The van der Waals surface area contributed by atoms with Crippen molar-refractivity contribution in [3.05, 3.63) is 20.8 Å². The zero-order chi connectivity index (χ0) is 12.0. The van der Waals surface area contributed by atoms with Gasteiger partial charge in [0.2, 0.25) is 0 Å². The summed E-state index contributed by atoms with van der Waals surface area (Å²) in [5.74, 6) is 0. The molecule has 0 aliphatic heterocycles. The number of rotatable bonds is 5. The summed E-state index contributed by atoms with van der Waals surface area (Å²) >= 11 is 10.3. The number of nitrogens with one attached hydrogen (secondary N) is 2. The number of hydrogen-bond acceptors (Lipinski definition) is 3. The van der Waals surface area contributed by atoms with Gasteiger partial charge in [0.15, 0.2) is 5.11 Å². The van der Waals surface area contributed by atoms with Crippen molar-refractivity contribution in [1.82, 2.24) is 10.6 Å². The molecule has 6 heteroatoms. The lowest BCUT2D eigenvalue weighted by atomic mass is 10.4. The number of ether oxygens (including phenoxy) is 1. The largest absolute Gasteiger partial charge is 0.383 e. The van der Waals surface area contributed by atoms with Gasteiger partial charge in [-0.15, -0.1) is 11.3 Å². The van der Waals surface area contributed by atoms with Crippen LogP contribution in [0.2, 0.25) is 0 Å². The Bertz CT molecular complexity index is 343. The highest BCUT2D eigenvalue weighted by molar-refractivity contribution is 9.10. The van der Waals surface area contributed by atoms with Gasteiger partial charge in [0, 0.05) is 27.9 Å². The van der Waals surface area contributed by atoms with E-state index < -0.39 is 0 Å². The Balaban J connectivity index is 2.25. The second-order valence-corrected chi connectivity index (χ2v) is 5.73. The molecule has 1 atom stereocenters. The summed E-state index contributed by atoms with van der Waals surface area (Å²) in [7, 11) is 1.68. The van der Waals surface area contributed by atoms with Crippen LogP contribution in [0.1, 0.15) is 11.8 Å². The summed E-state index contributed by atoms with van der Waals surface area (Å²) in [6.45, 7) is 3.42. The third-order valence-electron chi connectivity index (χ3n) is 1.84. The van der Waals surface area contributed by atoms with Crippen molar-refractivity contribution >= 4 is 44.6 Å². The van der Waals surface area contributed by atoms with Crippen molar-refractivity contribution in [2.75, 3.05) is 13.7 Å². The van der Waals surface area contributed by atoms with E-state index in [1.165, 1.54) is 4.88 Å². The van der Waals surface area contributed by atoms with Crippen molar-refractivity contribution in [1.29, 1.82) is 0 Å². The van der Waals surface area contributed by atoms with Crippen molar-refractivity contribution in [2.45, 2.75) is 19.5 Å². The maximum atomic E-state index is 5.17. The van der Waals surface area contributed by atoms with Crippen molar-refractivity contribution in [3.63, 3.8) is 0 Å². The minimum atomic E-state index is 0.222.